The van der Waals surface area contributed by atoms with Crippen LogP contribution in [0.4, 0.5) is 0 Å². The first kappa shape index (κ1) is 18.2. The summed E-state index contributed by atoms with van der Waals surface area (Å²) in [5.74, 6) is -0.395. The second-order valence-electron chi connectivity index (χ2n) is 7.60. The van der Waals surface area contributed by atoms with E-state index in [4.69, 9.17) is 5.73 Å². The third kappa shape index (κ3) is 3.15. The highest BCUT2D eigenvalue weighted by Crippen LogP contribution is 2.32. The number of nitrogens with two attached hydrogens (primary N) is 1. The number of amides is 1. The molecule has 0 saturated heterocycles. The molecule has 0 aliphatic heterocycles. The van der Waals surface area contributed by atoms with Gasteiger partial charge in [0.25, 0.3) is 0 Å². The van der Waals surface area contributed by atoms with Gasteiger partial charge in [-0.25, -0.2) is 0 Å². The van der Waals surface area contributed by atoms with Crippen LogP contribution in [0, 0.1) is 0 Å². The van der Waals surface area contributed by atoms with E-state index >= 15 is 0 Å². The number of primary amides is 1. The predicted molar refractivity (Wildman–Crippen MR) is 123 cm³/mol. The van der Waals surface area contributed by atoms with E-state index in [1.807, 2.05) is 30.3 Å². The molecule has 30 heavy (non-hydrogen) atoms. The normalized spacial score (nSPS) is 11.2. The molecule has 146 valence electrons. The maximum absolute atomic E-state index is 12.1. The molecule has 0 fully saturated rings. The summed E-state index contributed by atoms with van der Waals surface area (Å²) in [6, 6.07) is 33.1. The minimum absolute atomic E-state index is 0.395. The van der Waals surface area contributed by atoms with Crippen LogP contribution in [0.1, 0.15) is 27.0 Å². The van der Waals surface area contributed by atoms with Crippen LogP contribution in [0.3, 0.4) is 0 Å². The zero-order valence-corrected chi connectivity index (χ0v) is 16.6. The second-order valence-corrected chi connectivity index (χ2v) is 7.60. The Balaban J connectivity index is 1.67. The van der Waals surface area contributed by atoms with E-state index in [-0.39, 0.29) is 0 Å². The van der Waals surface area contributed by atoms with Gasteiger partial charge in [-0.15, -0.1) is 0 Å². The van der Waals surface area contributed by atoms with Gasteiger partial charge in [-0.2, -0.15) is 0 Å². The number of nitrogens with zero attached hydrogens (tertiary/aromatic N) is 1. The van der Waals surface area contributed by atoms with E-state index < -0.39 is 5.91 Å². The van der Waals surface area contributed by atoms with Crippen molar-refractivity contribution in [2.45, 2.75) is 13.0 Å². The number of benzene rings is 4. The van der Waals surface area contributed by atoms with E-state index in [9.17, 15) is 4.79 Å². The lowest BCUT2D eigenvalue weighted by atomic mass is 9.99. The van der Waals surface area contributed by atoms with Crippen LogP contribution >= 0.6 is 0 Å². The van der Waals surface area contributed by atoms with Crippen molar-refractivity contribution in [3.05, 3.63) is 119 Å². The maximum atomic E-state index is 12.1. The number of fused-ring (bicyclic) bond motifs is 3. The Bertz CT molecular complexity index is 1370. The van der Waals surface area contributed by atoms with Crippen LogP contribution in [0.15, 0.2) is 97.1 Å². The average Bonchev–Trinajstić information content (AvgIpc) is 3.10. The van der Waals surface area contributed by atoms with Crippen LogP contribution in [0.5, 0.6) is 0 Å². The van der Waals surface area contributed by atoms with Gasteiger partial charge in [0.05, 0.1) is 5.52 Å². The second kappa shape index (κ2) is 7.53. The molecular weight excluding hydrogens is 368 g/mol. The van der Waals surface area contributed by atoms with Crippen LogP contribution in [-0.2, 0) is 13.0 Å². The summed E-state index contributed by atoms with van der Waals surface area (Å²) in [6.07, 6.45) is 0.890. The van der Waals surface area contributed by atoms with E-state index in [1.165, 1.54) is 16.7 Å². The minimum Gasteiger partial charge on any atom is -0.366 e. The van der Waals surface area contributed by atoms with E-state index in [2.05, 4.69) is 71.3 Å². The lowest BCUT2D eigenvalue weighted by Gasteiger charge is -2.13. The van der Waals surface area contributed by atoms with Gasteiger partial charge in [0.15, 0.2) is 0 Å². The Morgan fingerprint density at radius 3 is 2.17 bits per heavy atom. The van der Waals surface area contributed by atoms with Crippen molar-refractivity contribution >= 4 is 27.7 Å². The summed E-state index contributed by atoms with van der Waals surface area (Å²) in [4.78, 5) is 12.1. The van der Waals surface area contributed by atoms with Gasteiger partial charge in [-0.1, -0.05) is 78.9 Å². The van der Waals surface area contributed by atoms with Gasteiger partial charge >= 0.3 is 0 Å². The van der Waals surface area contributed by atoms with Crippen molar-refractivity contribution in [1.82, 2.24) is 4.57 Å². The van der Waals surface area contributed by atoms with E-state index in [0.717, 1.165) is 34.8 Å². The molecule has 1 aromatic heterocycles. The standard InChI is InChI=1S/C27H22N2O/c28-27(30)23-14-8-16-25-26(23)22-13-6-7-15-24(22)29(25)18-21-12-5-4-11-20(21)17-19-9-2-1-3-10-19/h1-16H,17-18H2,(H2,28,30). The Morgan fingerprint density at radius 2 is 1.37 bits per heavy atom. The first-order chi connectivity index (χ1) is 14.7. The van der Waals surface area contributed by atoms with Crippen LogP contribution in [-0.4, -0.2) is 10.5 Å². The molecule has 0 unspecified atom stereocenters. The van der Waals surface area contributed by atoms with Gasteiger partial charge in [0, 0.05) is 28.4 Å². The molecule has 5 aromatic rings. The van der Waals surface area contributed by atoms with Crippen molar-refractivity contribution in [1.29, 1.82) is 0 Å². The third-order valence-corrected chi connectivity index (χ3v) is 5.75. The number of aromatic nitrogens is 1. The fourth-order valence-corrected chi connectivity index (χ4v) is 4.34. The zero-order chi connectivity index (χ0) is 20.5. The molecule has 0 aliphatic carbocycles. The summed E-state index contributed by atoms with van der Waals surface area (Å²) in [5, 5.41) is 1.99. The SMILES string of the molecule is NC(=O)c1cccc2c1c1ccccc1n2Cc1ccccc1Cc1ccccc1. The predicted octanol–water partition coefficient (Wildman–Crippen LogP) is 5.53. The highest BCUT2D eigenvalue weighted by Gasteiger charge is 2.16. The van der Waals surface area contributed by atoms with Gasteiger partial charge in [0.2, 0.25) is 5.91 Å². The molecule has 5 rings (SSSR count). The number of hydrogen-bond acceptors (Lipinski definition) is 1. The Hall–Kier alpha value is -3.85. The Labute approximate surface area is 175 Å². The summed E-state index contributed by atoms with van der Waals surface area (Å²) < 4.78 is 2.29. The molecule has 0 atom stereocenters. The molecule has 0 spiro atoms. The average molecular weight is 390 g/mol. The Kier molecular flexibility index (Phi) is 4.56. The number of rotatable bonds is 5. The molecular formula is C27H22N2O. The highest BCUT2D eigenvalue weighted by atomic mass is 16.1. The van der Waals surface area contributed by atoms with E-state index in [0.29, 0.717) is 5.56 Å². The molecule has 1 heterocycles. The molecule has 0 bridgehead atoms. The summed E-state index contributed by atoms with van der Waals surface area (Å²) in [7, 11) is 0. The molecule has 3 nitrogen and oxygen atoms in total. The molecule has 0 radical (unpaired) electrons. The molecule has 0 saturated carbocycles. The van der Waals surface area contributed by atoms with Gasteiger partial charge < -0.3 is 10.3 Å². The largest absolute Gasteiger partial charge is 0.366 e. The van der Waals surface area contributed by atoms with Crippen molar-refractivity contribution in [2.75, 3.05) is 0 Å². The highest BCUT2D eigenvalue weighted by molar-refractivity contribution is 6.17. The minimum atomic E-state index is -0.395. The molecule has 4 aromatic carbocycles. The summed E-state index contributed by atoms with van der Waals surface area (Å²) in [6.45, 7) is 0.731. The van der Waals surface area contributed by atoms with Gasteiger partial charge in [0.1, 0.15) is 0 Å². The summed E-state index contributed by atoms with van der Waals surface area (Å²) in [5.41, 5.74) is 12.3. The van der Waals surface area contributed by atoms with Gasteiger partial charge in [-0.05, 0) is 41.3 Å². The first-order valence-corrected chi connectivity index (χ1v) is 10.1. The smallest absolute Gasteiger partial charge is 0.249 e. The monoisotopic (exact) mass is 390 g/mol. The van der Waals surface area contributed by atoms with E-state index in [1.54, 1.807) is 0 Å². The lowest BCUT2D eigenvalue weighted by molar-refractivity contribution is 0.100. The quantitative estimate of drug-likeness (QED) is 0.421. The summed E-state index contributed by atoms with van der Waals surface area (Å²) >= 11 is 0. The molecule has 3 heteroatoms. The third-order valence-electron chi connectivity index (χ3n) is 5.75. The number of carbonyl (C=O) groups excluding carboxylic acids is 1. The zero-order valence-electron chi connectivity index (χ0n) is 16.6. The van der Waals surface area contributed by atoms with Crippen molar-refractivity contribution in [3.8, 4) is 0 Å². The first-order valence-electron chi connectivity index (χ1n) is 10.1. The van der Waals surface area contributed by atoms with Gasteiger partial charge in [-0.3, -0.25) is 4.79 Å². The topological polar surface area (TPSA) is 48.0 Å². The number of carbonyl (C=O) groups is 1. The number of hydrogen-bond donors (Lipinski definition) is 1. The fourth-order valence-electron chi connectivity index (χ4n) is 4.34. The van der Waals surface area contributed by atoms with Crippen molar-refractivity contribution in [2.24, 2.45) is 5.73 Å². The molecule has 0 aliphatic rings. The van der Waals surface area contributed by atoms with Crippen LogP contribution < -0.4 is 5.73 Å². The fraction of sp³-hybridized carbons (Fsp3) is 0.0741. The molecule has 1 amide bonds. The van der Waals surface area contributed by atoms with Crippen molar-refractivity contribution < 1.29 is 4.79 Å². The number of para-hydroxylation sites is 1. The van der Waals surface area contributed by atoms with Crippen LogP contribution in [0.2, 0.25) is 0 Å². The van der Waals surface area contributed by atoms with Crippen molar-refractivity contribution in [3.63, 3.8) is 0 Å². The lowest BCUT2D eigenvalue weighted by Crippen LogP contribution is -2.11. The Morgan fingerprint density at radius 1 is 0.700 bits per heavy atom. The molecule has 2 N–H and O–H groups in total. The maximum Gasteiger partial charge on any atom is 0.249 e. The van der Waals surface area contributed by atoms with Crippen LogP contribution in [0.25, 0.3) is 21.8 Å².